The van der Waals surface area contributed by atoms with Crippen molar-refractivity contribution in [3.63, 3.8) is 0 Å². The third-order valence-electron chi connectivity index (χ3n) is 5.09. The van der Waals surface area contributed by atoms with Crippen molar-refractivity contribution in [2.45, 2.75) is 39.2 Å². The molecule has 27 heavy (non-hydrogen) atoms. The van der Waals surface area contributed by atoms with Crippen molar-refractivity contribution in [2.75, 3.05) is 24.6 Å². The van der Waals surface area contributed by atoms with Crippen LogP contribution in [0.15, 0.2) is 24.3 Å². The molecular formula is C20H26N2O5. The average Bonchev–Trinajstić information content (AvgIpc) is 3.41. The fraction of sp³-hybridized carbons (Fsp3) is 0.550. The molecule has 7 nitrogen and oxygen atoms in total. The summed E-state index contributed by atoms with van der Waals surface area (Å²) in [6.45, 7) is 4.47. The molecule has 1 aromatic carbocycles. The predicted molar refractivity (Wildman–Crippen MR) is 99.6 cm³/mol. The minimum absolute atomic E-state index is 0.109. The molecule has 1 aromatic rings. The summed E-state index contributed by atoms with van der Waals surface area (Å²) in [4.78, 5) is 40.1. The van der Waals surface area contributed by atoms with Crippen molar-refractivity contribution in [1.82, 2.24) is 4.90 Å². The number of benzene rings is 1. The van der Waals surface area contributed by atoms with Gasteiger partial charge >= 0.3 is 5.97 Å². The molecule has 0 aromatic heterocycles. The molecule has 3 rings (SSSR count). The van der Waals surface area contributed by atoms with Crippen molar-refractivity contribution in [2.24, 2.45) is 11.8 Å². The minimum Gasteiger partial charge on any atom is -0.492 e. The molecule has 2 unspecified atom stereocenters. The second-order valence-corrected chi connectivity index (χ2v) is 7.27. The van der Waals surface area contributed by atoms with Crippen LogP contribution >= 0.6 is 0 Å². The Kier molecular flexibility index (Phi) is 5.68. The molecule has 2 fully saturated rings. The number of nitrogens with zero attached hydrogens (tertiary/aromatic N) is 2. The Bertz CT molecular complexity index is 731. The quantitative estimate of drug-likeness (QED) is 0.753. The van der Waals surface area contributed by atoms with E-state index < -0.39 is 17.8 Å². The molecule has 2 amide bonds. The highest BCUT2D eigenvalue weighted by atomic mass is 16.5. The van der Waals surface area contributed by atoms with Gasteiger partial charge in [-0.3, -0.25) is 14.4 Å². The van der Waals surface area contributed by atoms with Crippen LogP contribution in [-0.4, -0.2) is 53.5 Å². The van der Waals surface area contributed by atoms with Crippen LogP contribution in [0.5, 0.6) is 5.75 Å². The van der Waals surface area contributed by atoms with Gasteiger partial charge in [-0.05, 0) is 31.9 Å². The Hall–Kier alpha value is -2.57. The summed E-state index contributed by atoms with van der Waals surface area (Å²) in [5, 5.41) is 9.18. The van der Waals surface area contributed by atoms with Crippen molar-refractivity contribution in [1.29, 1.82) is 0 Å². The second kappa shape index (κ2) is 7.98. The molecule has 2 atom stereocenters. The lowest BCUT2D eigenvalue weighted by molar-refractivity contribution is -0.144. The number of aliphatic carboxylic acids is 1. The molecule has 0 bridgehead atoms. The van der Waals surface area contributed by atoms with Gasteiger partial charge in [0, 0.05) is 25.6 Å². The number of hydrogen-bond acceptors (Lipinski definition) is 4. The summed E-state index contributed by atoms with van der Waals surface area (Å²) in [7, 11) is 0. The molecule has 2 aliphatic rings. The summed E-state index contributed by atoms with van der Waals surface area (Å²) in [6.07, 6.45) is 1.94. The molecule has 1 heterocycles. The molecule has 1 saturated carbocycles. The Morgan fingerprint density at radius 1 is 1.33 bits per heavy atom. The van der Waals surface area contributed by atoms with Gasteiger partial charge in [-0.25, -0.2) is 0 Å². The van der Waals surface area contributed by atoms with Gasteiger partial charge in [-0.2, -0.15) is 0 Å². The van der Waals surface area contributed by atoms with Crippen molar-refractivity contribution >= 4 is 23.5 Å². The zero-order valence-electron chi connectivity index (χ0n) is 15.8. The van der Waals surface area contributed by atoms with Crippen LogP contribution in [0, 0.1) is 11.8 Å². The summed E-state index contributed by atoms with van der Waals surface area (Å²) >= 11 is 0. The van der Waals surface area contributed by atoms with Crippen LogP contribution in [0.25, 0.3) is 0 Å². The van der Waals surface area contributed by atoms with E-state index in [0.29, 0.717) is 24.6 Å². The third-order valence-corrected chi connectivity index (χ3v) is 5.09. The number of carbonyl (C=O) groups excluding carboxylic acids is 2. The maximum atomic E-state index is 13.0. The SMILES string of the molecule is CCOc1ccccc1N1CC(C(=O)N(CC(C)C(=O)O)C2CC2)CC1=O. The van der Waals surface area contributed by atoms with Gasteiger partial charge in [0.1, 0.15) is 5.75 Å². The highest BCUT2D eigenvalue weighted by Crippen LogP contribution is 2.35. The Balaban J connectivity index is 1.74. The number of carboxylic acids is 1. The van der Waals surface area contributed by atoms with E-state index in [9.17, 15) is 19.5 Å². The number of carbonyl (C=O) groups is 3. The van der Waals surface area contributed by atoms with E-state index in [1.165, 1.54) is 0 Å². The smallest absolute Gasteiger partial charge is 0.308 e. The van der Waals surface area contributed by atoms with Crippen LogP contribution in [0.1, 0.15) is 33.1 Å². The van der Waals surface area contributed by atoms with Crippen LogP contribution in [-0.2, 0) is 14.4 Å². The summed E-state index contributed by atoms with van der Waals surface area (Å²) < 4.78 is 5.61. The highest BCUT2D eigenvalue weighted by Gasteiger charge is 2.42. The first-order valence-corrected chi connectivity index (χ1v) is 9.47. The number of para-hydroxylation sites is 2. The minimum atomic E-state index is -0.914. The number of hydrogen-bond donors (Lipinski definition) is 1. The Morgan fingerprint density at radius 3 is 2.67 bits per heavy atom. The summed E-state index contributed by atoms with van der Waals surface area (Å²) in [5.74, 6) is -1.59. The molecule has 0 radical (unpaired) electrons. The van der Waals surface area contributed by atoms with Crippen molar-refractivity contribution < 1.29 is 24.2 Å². The van der Waals surface area contributed by atoms with E-state index in [1.54, 1.807) is 16.7 Å². The number of amides is 2. The molecule has 146 valence electrons. The number of rotatable bonds is 8. The molecule has 1 aliphatic carbocycles. The number of anilines is 1. The van der Waals surface area contributed by atoms with E-state index in [4.69, 9.17) is 4.74 Å². The third kappa shape index (κ3) is 4.23. The topological polar surface area (TPSA) is 87.2 Å². The molecule has 7 heteroatoms. The number of carboxylic acid groups (broad SMARTS) is 1. The largest absolute Gasteiger partial charge is 0.492 e. The van der Waals surface area contributed by atoms with Crippen LogP contribution < -0.4 is 9.64 Å². The number of ether oxygens (including phenoxy) is 1. The van der Waals surface area contributed by atoms with Crippen LogP contribution in [0.3, 0.4) is 0 Å². The molecule has 1 saturated heterocycles. The lowest BCUT2D eigenvalue weighted by Gasteiger charge is -2.27. The van der Waals surface area contributed by atoms with Gasteiger partial charge in [-0.15, -0.1) is 0 Å². The Morgan fingerprint density at radius 2 is 2.04 bits per heavy atom. The summed E-state index contributed by atoms with van der Waals surface area (Å²) in [6, 6.07) is 7.43. The molecule has 1 N–H and O–H groups in total. The highest BCUT2D eigenvalue weighted by molar-refractivity contribution is 6.01. The van der Waals surface area contributed by atoms with E-state index in [1.807, 2.05) is 31.2 Å². The lowest BCUT2D eigenvalue weighted by Crippen LogP contribution is -2.42. The van der Waals surface area contributed by atoms with Gasteiger partial charge in [0.2, 0.25) is 11.8 Å². The zero-order valence-corrected chi connectivity index (χ0v) is 15.8. The van der Waals surface area contributed by atoms with E-state index >= 15 is 0 Å². The molecule has 1 aliphatic heterocycles. The molecule has 0 spiro atoms. The lowest BCUT2D eigenvalue weighted by atomic mass is 10.1. The van der Waals surface area contributed by atoms with Crippen LogP contribution in [0.4, 0.5) is 5.69 Å². The first-order chi connectivity index (χ1) is 12.9. The maximum absolute atomic E-state index is 13.0. The normalized spacial score (nSPS) is 20.4. The first-order valence-electron chi connectivity index (χ1n) is 9.47. The first kappa shape index (κ1) is 19.2. The van der Waals surface area contributed by atoms with Gasteiger partial charge < -0.3 is 19.6 Å². The van der Waals surface area contributed by atoms with Gasteiger partial charge in [0.05, 0.1) is 24.1 Å². The monoisotopic (exact) mass is 374 g/mol. The van der Waals surface area contributed by atoms with Crippen molar-refractivity contribution in [3.05, 3.63) is 24.3 Å². The van der Waals surface area contributed by atoms with Gasteiger partial charge in [-0.1, -0.05) is 19.1 Å². The van der Waals surface area contributed by atoms with Gasteiger partial charge in [0.15, 0.2) is 0 Å². The Labute approximate surface area is 158 Å². The van der Waals surface area contributed by atoms with Crippen molar-refractivity contribution in [3.8, 4) is 5.75 Å². The zero-order chi connectivity index (χ0) is 19.6. The molecular weight excluding hydrogens is 348 g/mol. The fourth-order valence-corrected chi connectivity index (χ4v) is 3.48. The second-order valence-electron chi connectivity index (χ2n) is 7.27. The summed E-state index contributed by atoms with van der Waals surface area (Å²) in [5.41, 5.74) is 0.677. The van der Waals surface area contributed by atoms with E-state index in [0.717, 1.165) is 12.8 Å². The standard InChI is InChI=1S/C20H26N2O5/c1-3-27-17-7-5-4-6-16(17)22-12-14(10-18(22)23)19(24)21(15-8-9-15)11-13(2)20(25)26/h4-7,13-15H,3,8-12H2,1-2H3,(H,25,26). The average molecular weight is 374 g/mol. The van der Waals surface area contributed by atoms with Gasteiger partial charge in [0.25, 0.3) is 0 Å². The maximum Gasteiger partial charge on any atom is 0.308 e. The fourth-order valence-electron chi connectivity index (χ4n) is 3.48. The van der Waals surface area contributed by atoms with E-state index in [-0.39, 0.29) is 30.8 Å². The van der Waals surface area contributed by atoms with E-state index in [2.05, 4.69) is 0 Å². The van der Waals surface area contributed by atoms with Crippen LogP contribution in [0.2, 0.25) is 0 Å². The predicted octanol–water partition coefficient (Wildman–Crippen LogP) is 2.15.